The third-order valence-corrected chi connectivity index (χ3v) is 4.67. The fourth-order valence-corrected chi connectivity index (χ4v) is 3.59. The second-order valence-corrected chi connectivity index (χ2v) is 5.92. The van der Waals surface area contributed by atoms with Crippen molar-refractivity contribution < 1.29 is 5.11 Å². The first-order valence-electron chi connectivity index (χ1n) is 6.90. The molecule has 0 radical (unpaired) electrons. The van der Waals surface area contributed by atoms with Crippen molar-refractivity contribution >= 4 is 38.3 Å². The number of hydrogen-bond acceptors (Lipinski definition) is 4. The van der Waals surface area contributed by atoms with E-state index in [9.17, 15) is 0 Å². The minimum atomic E-state index is 0.0936. The molecule has 0 unspecified atom stereocenters. The van der Waals surface area contributed by atoms with Gasteiger partial charge < -0.3 is 5.11 Å². The summed E-state index contributed by atoms with van der Waals surface area (Å²) >= 11 is 1.76. The van der Waals surface area contributed by atoms with E-state index in [0.29, 0.717) is 6.54 Å². The molecular weight excluding hydrogens is 280 g/mol. The molecule has 0 atom stereocenters. The molecule has 1 aromatic heterocycles. The van der Waals surface area contributed by atoms with Gasteiger partial charge in [0.1, 0.15) is 0 Å². The Balaban J connectivity index is 2.12. The summed E-state index contributed by atoms with van der Waals surface area (Å²) < 4.78 is 1.30. The van der Waals surface area contributed by atoms with Crippen molar-refractivity contribution in [3.8, 4) is 0 Å². The molecule has 0 bridgehead atoms. The Morgan fingerprint density at radius 3 is 3.00 bits per heavy atom. The Morgan fingerprint density at radius 2 is 2.10 bits per heavy atom. The standard InChI is InChI=1S/C17H14N2OS/c20-9-8-19-7-6-12-3-1-5-14-15(16(12)18-19)11-13-4-2-10-21-17(13)14/h1-7,10-11,20H,8-9H2. The number of aliphatic hydroxyl groups excluding tert-OH is 1. The molecule has 0 fully saturated rings. The normalized spacial score (nSPS) is 13.5. The average Bonchev–Trinajstić information content (AvgIpc) is 2.78. The van der Waals surface area contributed by atoms with E-state index in [1.165, 1.54) is 20.9 Å². The van der Waals surface area contributed by atoms with Crippen molar-refractivity contribution in [1.29, 1.82) is 0 Å². The molecule has 1 aliphatic heterocycles. The van der Waals surface area contributed by atoms with Crippen LogP contribution in [0.4, 0.5) is 0 Å². The summed E-state index contributed by atoms with van der Waals surface area (Å²) in [5, 5.41) is 22.3. The van der Waals surface area contributed by atoms with Gasteiger partial charge in [0.15, 0.2) is 0 Å². The van der Waals surface area contributed by atoms with Crippen LogP contribution in [0.2, 0.25) is 0 Å². The van der Waals surface area contributed by atoms with Gasteiger partial charge in [-0.1, -0.05) is 30.3 Å². The number of rotatable bonds is 2. The fraction of sp³-hybridized carbons (Fsp3) is 0.118. The molecule has 1 aliphatic rings. The highest BCUT2D eigenvalue weighted by Gasteiger charge is 2.10. The van der Waals surface area contributed by atoms with Crippen molar-refractivity contribution in [1.82, 2.24) is 5.01 Å². The van der Waals surface area contributed by atoms with Crippen LogP contribution in [0, 0.1) is 0 Å². The lowest BCUT2D eigenvalue weighted by molar-refractivity contribution is 0.237. The lowest BCUT2D eigenvalue weighted by Gasteiger charge is -2.15. The predicted octanol–water partition coefficient (Wildman–Crippen LogP) is 3.15. The van der Waals surface area contributed by atoms with Crippen molar-refractivity contribution in [3.05, 3.63) is 58.9 Å². The fourth-order valence-electron chi connectivity index (χ4n) is 2.73. The van der Waals surface area contributed by atoms with Gasteiger partial charge in [0.05, 0.1) is 18.5 Å². The lowest BCUT2D eigenvalue weighted by atomic mass is 10.2. The van der Waals surface area contributed by atoms with Crippen LogP contribution in [0.5, 0.6) is 0 Å². The highest BCUT2D eigenvalue weighted by molar-refractivity contribution is 7.17. The van der Waals surface area contributed by atoms with Crippen LogP contribution in [-0.2, 0) is 0 Å². The lowest BCUT2D eigenvalue weighted by Crippen LogP contribution is -2.23. The molecule has 4 rings (SSSR count). The van der Waals surface area contributed by atoms with Crippen LogP contribution in [0.15, 0.2) is 53.1 Å². The summed E-state index contributed by atoms with van der Waals surface area (Å²) in [5.74, 6) is 0. The Kier molecular flexibility index (Phi) is 2.98. The van der Waals surface area contributed by atoms with E-state index in [0.717, 1.165) is 10.9 Å². The maximum Gasteiger partial charge on any atom is 0.0987 e. The largest absolute Gasteiger partial charge is 0.394 e. The molecule has 0 saturated carbocycles. The van der Waals surface area contributed by atoms with Crippen molar-refractivity contribution in [2.24, 2.45) is 5.10 Å². The summed E-state index contributed by atoms with van der Waals surface area (Å²) in [5.41, 5.74) is 1.11. The van der Waals surface area contributed by atoms with E-state index in [2.05, 4.69) is 53.0 Å². The molecule has 104 valence electrons. The summed E-state index contributed by atoms with van der Waals surface area (Å²) in [6.07, 6.45) is 3.97. The maximum atomic E-state index is 9.11. The van der Waals surface area contributed by atoms with Crippen molar-refractivity contribution in [2.45, 2.75) is 0 Å². The molecule has 2 heterocycles. The Hall–Kier alpha value is -2.17. The van der Waals surface area contributed by atoms with Crippen LogP contribution in [0.25, 0.3) is 26.9 Å². The number of aliphatic hydroxyl groups is 1. The summed E-state index contributed by atoms with van der Waals surface area (Å²) in [6.45, 7) is 0.606. The monoisotopic (exact) mass is 294 g/mol. The van der Waals surface area contributed by atoms with Gasteiger partial charge in [-0.3, -0.25) is 5.01 Å². The van der Waals surface area contributed by atoms with Gasteiger partial charge in [-0.25, -0.2) is 0 Å². The number of hydrogen-bond donors (Lipinski definition) is 1. The van der Waals surface area contributed by atoms with E-state index in [1.54, 1.807) is 16.3 Å². The summed E-state index contributed by atoms with van der Waals surface area (Å²) in [6, 6.07) is 12.8. The Morgan fingerprint density at radius 1 is 1.14 bits per heavy atom. The number of fused-ring (bicyclic) bond motifs is 5. The SMILES string of the molecule is OCCN1C=Cc2cccc3c(cc4cccsc43)c2=N1. The minimum absolute atomic E-state index is 0.0936. The van der Waals surface area contributed by atoms with Crippen LogP contribution in [0.1, 0.15) is 5.56 Å². The van der Waals surface area contributed by atoms with Crippen LogP contribution >= 0.6 is 11.3 Å². The zero-order valence-electron chi connectivity index (χ0n) is 11.4. The smallest absolute Gasteiger partial charge is 0.0987 e. The molecule has 1 N–H and O–H groups in total. The molecule has 2 aromatic carbocycles. The van der Waals surface area contributed by atoms with Gasteiger partial charge in [0, 0.05) is 27.2 Å². The predicted molar refractivity (Wildman–Crippen MR) is 87.7 cm³/mol. The van der Waals surface area contributed by atoms with Crippen LogP contribution < -0.4 is 5.36 Å². The molecular formula is C17H14N2OS. The third-order valence-electron chi connectivity index (χ3n) is 3.69. The number of β-amino-alcohol motifs (C(OH)–C–C–N with tert-alkyl or cyclic N) is 1. The molecule has 0 saturated heterocycles. The van der Waals surface area contributed by atoms with Gasteiger partial charge in [-0.05, 0) is 22.9 Å². The van der Waals surface area contributed by atoms with Gasteiger partial charge in [-0.15, -0.1) is 11.3 Å². The molecule has 4 heteroatoms. The second-order valence-electron chi connectivity index (χ2n) is 5.00. The highest BCUT2D eigenvalue weighted by atomic mass is 32.1. The van der Waals surface area contributed by atoms with E-state index >= 15 is 0 Å². The van der Waals surface area contributed by atoms with Gasteiger partial charge >= 0.3 is 0 Å². The zero-order valence-corrected chi connectivity index (χ0v) is 12.2. The van der Waals surface area contributed by atoms with Crippen LogP contribution in [0.3, 0.4) is 0 Å². The van der Waals surface area contributed by atoms with Gasteiger partial charge in [0.25, 0.3) is 0 Å². The summed E-state index contributed by atoms with van der Waals surface area (Å²) in [4.78, 5) is 0. The van der Waals surface area contributed by atoms with Crippen molar-refractivity contribution in [2.75, 3.05) is 13.2 Å². The highest BCUT2D eigenvalue weighted by Crippen LogP contribution is 2.29. The summed E-state index contributed by atoms with van der Waals surface area (Å²) in [7, 11) is 0. The quantitative estimate of drug-likeness (QED) is 0.788. The minimum Gasteiger partial charge on any atom is -0.394 e. The Labute approximate surface area is 126 Å². The molecule has 3 aromatic rings. The van der Waals surface area contributed by atoms with Crippen molar-refractivity contribution in [3.63, 3.8) is 0 Å². The molecule has 21 heavy (non-hydrogen) atoms. The molecule has 0 spiro atoms. The van der Waals surface area contributed by atoms with E-state index in [-0.39, 0.29) is 6.61 Å². The molecule has 3 nitrogen and oxygen atoms in total. The van der Waals surface area contributed by atoms with E-state index < -0.39 is 0 Å². The Bertz CT molecular complexity index is 927. The van der Waals surface area contributed by atoms with E-state index in [1.807, 2.05) is 6.20 Å². The molecule has 0 amide bonds. The topological polar surface area (TPSA) is 35.8 Å². The van der Waals surface area contributed by atoms with Gasteiger partial charge in [-0.2, -0.15) is 5.10 Å². The van der Waals surface area contributed by atoms with E-state index in [4.69, 9.17) is 5.11 Å². The first kappa shape index (κ1) is 12.6. The van der Waals surface area contributed by atoms with Gasteiger partial charge in [0.2, 0.25) is 0 Å². The molecule has 0 aliphatic carbocycles. The average molecular weight is 294 g/mol. The zero-order chi connectivity index (χ0) is 14.2. The third kappa shape index (κ3) is 2.04. The first-order valence-corrected chi connectivity index (χ1v) is 7.78. The first-order chi connectivity index (χ1) is 10.4. The van der Waals surface area contributed by atoms with Crippen LogP contribution in [-0.4, -0.2) is 23.3 Å². The second kappa shape index (κ2) is 4.98. The number of nitrogens with zero attached hydrogens (tertiary/aromatic N) is 2. The maximum absolute atomic E-state index is 9.11.